The molecule has 1 amide bonds. The first-order valence-corrected chi connectivity index (χ1v) is 7.20. The Morgan fingerprint density at radius 3 is 2.57 bits per heavy atom. The molecule has 2 aromatic rings. The van der Waals surface area contributed by atoms with Gasteiger partial charge in [0.1, 0.15) is 5.56 Å². The van der Waals surface area contributed by atoms with Crippen LogP contribution in [-0.4, -0.2) is 10.8 Å². The standard InChI is InChI=1S/C12H7BrF2N2O3S/c13-6-1-7(21-5-6)4-16-12(18)8-2-9(14)10(15)3-11(8)17(19)20/h1-3,5H,4H2,(H,16,18). The van der Waals surface area contributed by atoms with E-state index in [0.29, 0.717) is 12.1 Å². The van der Waals surface area contributed by atoms with Crippen LogP contribution in [0, 0.1) is 21.7 Å². The van der Waals surface area contributed by atoms with Crippen LogP contribution in [0.4, 0.5) is 14.5 Å². The molecular weight excluding hydrogens is 370 g/mol. The maximum absolute atomic E-state index is 13.2. The van der Waals surface area contributed by atoms with Crippen LogP contribution in [0.3, 0.4) is 0 Å². The number of rotatable bonds is 4. The Morgan fingerprint density at radius 2 is 2.00 bits per heavy atom. The van der Waals surface area contributed by atoms with Crippen molar-refractivity contribution in [1.29, 1.82) is 0 Å². The Hall–Kier alpha value is -1.87. The van der Waals surface area contributed by atoms with E-state index >= 15 is 0 Å². The summed E-state index contributed by atoms with van der Waals surface area (Å²) in [5.41, 5.74) is -1.30. The van der Waals surface area contributed by atoms with Crippen molar-refractivity contribution in [2.75, 3.05) is 0 Å². The molecule has 0 aliphatic heterocycles. The van der Waals surface area contributed by atoms with Crippen molar-refractivity contribution in [3.8, 4) is 0 Å². The predicted molar refractivity (Wildman–Crippen MR) is 76.2 cm³/mol. The van der Waals surface area contributed by atoms with Gasteiger partial charge in [0.05, 0.1) is 17.5 Å². The lowest BCUT2D eigenvalue weighted by molar-refractivity contribution is -0.385. The van der Waals surface area contributed by atoms with Crippen molar-refractivity contribution in [3.63, 3.8) is 0 Å². The largest absolute Gasteiger partial charge is 0.347 e. The molecular formula is C12H7BrF2N2O3S. The maximum Gasteiger partial charge on any atom is 0.285 e. The zero-order chi connectivity index (χ0) is 15.6. The van der Waals surface area contributed by atoms with Crippen molar-refractivity contribution in [2.24, 2.45) is 0 Å². The Kier molecular flexibility index (Phi) is 4.63. The average Bonchev–Trinajstić information content (AvgIpc) is 2.84. The molecule has 0 saturated heterocycles. The molecule has 0 atom stereocenters. The summed E-state index contributed by atoms with van der Waals surface area (Å²) in [5.74, 6) is -3.53. The summed E-state index contributed by atoms with van der Waals surface area (Å²) in [7, 11) is 0. The number of nitrogens with one attached hydrogen (secondary N) is 1. The number of nitro groups is 1. The Balaban J connectivity index is 2.22. The second-order valence-electron chi connectivity index (χ2n) is 3.95. The third-order valence-corrected chi connectivity index (χ3v) is 4.22. The van der Waals surface area contributed by atoms with E-state index in [1.807, 2.05) is 5.38 Å². The highest BCUT2D eigenvalue weighted by Crippen LogP contribution is 2.23. The Bertz CT molecular complexity index is 721. The van der Waals surface area contributed by atoms with E-state index in [1.165, 1.54) is 11.3 Å². The molecule has 5 nitrogen and oxygen atoms in total. The van der Waals surface area contributed by atoms with Crippen LogP contribution in [0.25, 0.3) is 0 Å². The highest BCUT2D eigenvalue weighted by molar-refractivity contribution is 9.10. The zero-order valence-corrected chi connectivity index (χ0v) is 12.6. The van der Waals surface area contributed by atoms with Gasteiger partial charge in [-0.15, -0.1) is 11.3 Å². The van der Waals surface area contributed by atoms with Crippen LogP contribution in [0.2, 0.25) is 0 Å². The number of carbonyl (C=O) groups excluding carboxylic acids is 1. The summed E-state index contributed by atoms with van der Waals surface area (Å²) >= 11 is 4.62. The minimum absolute atomic E-state index is 0.130. The highest BCUT2D eigenvalue weighted by Gasteiger charge is 2.23. The third kappa shape index (κ3) is 3.61. The Morgan fingerprint density at radius 1 is 1.33 bits per heavy atom. The SMILES string of the molecule is O=C(NCc1cc(Br)cs1)c1cc(F)c(F)cc1[N+](=O)[O-]. The highest BCUT2D eigenvalue weighted by atomic mass is 79.9. The summed E-state index contributed by atoms with van der Waals surface area (Å²) in [5, 5.41) is 15.0. The van der Waals surface area contributed by atoms with Crippen LogP contribution in [-0.2, 0) is 6.54 Å². The predicted octanol–water partition coefficient (Wildman–Crippen LogP) is 3.63. The molecule has 0 aliphatic carbocycles. The minimum atomic E-state index is -1.37. The van der Waals surface area contributed by atoms with E-state index in [9.17, 15) is 23.7 Å². The molecule has 1 heterocycles. The smallest absolute Gasteiger partial charge is 0.285 e. The van der Waals surface area contributed by atoms with Crippen LogP contribution in [0.15, 0.2) is 28.1 Å². The van der Waals surface area contributed by atoms with Crippen LogP contribution < -0.4 is 5.32 Å². The van der Waals surface area contributed by atoms with E-state index in [1.54, 1.807) is 6.07 Å². The van der Waals surface area contributed by atoms with Gasteiger partial charge >= 0.3 is 0 Å². The fourth-order valence-electron chi connectivity index (χ4n) is 1.58. The topological polar surface area (TPSA) is 72.2 Å². The van der Waals surface area contributed by atoms with E-state index in [0.717, 1.165) is 9.35 Å². The van der Waals surface area contributed by atoms with E-state index in [-0.39, 0.29) is 6.54 Å². The second-order valence-corrected chi connectivity index (χ2v) is 5.87. The summed E-state index contributed by atoms with van der Waals surface area (Å²) in [6.07, 6.45) is 0. The number of nitro benzene ring substituents is 1. The lowest BCUT2D eigenvalue weighted by atomic mass is 10.1. The van der Waals surface area contributed by atoms with E-state index in [2.05, 4.69) is 21.2 Å². The summed E-state index contributed by atoms with van der Waals surface area (Å²) in [4.78, 5) is 22.6. The number of hydrogen-bond acceptors (Lipinski definition) is 4. The van der Waals surface area contributed by atoms with Gasteiger partial charge in [0.25, 0.3) is 11.6 Å². The van der Waals surface area contributed by atoms with Crippen LogP contribution in [0.5, 0.6) is 0 Å². The quantitative estimate of drug-likeness (QED) is 0.654. The number of nitrogens with zero attached hydrogens (tertiary/aromatic N) is 1. The maximum atomic E-state index is 13.2. The molecule has 9 heteroatoms. The lowest BCUT2D eigenvalue weighted by Gasteiger charge is -2.05. The van der Waals surface area contributed by atoms with E-state index < -0.39 is 33.7 Å². The zero-order valence-electron chi connectivity index (χ0n) is 10.2. The first-order chi connectivity index (χ1) is 9.88. The third-order valence-electron chi connectivity index (χ3n) is 2.52. The van der Waals surface area contributed by atoms with Gasteiger partial charge in [-0.1, -0.05) is 0 Å². The first kappa shape index (κ1) is 15.5. The van der Waals surface area contributed by atoms with Crippen LogP contribution in [0.1, 0.15) is 15.2 Å². The lowest BCUT2D eigenvalue weighted by Crippen LogP contribution is -2.23. The molecule has 0 spiro atoms. The van der Waals surface area contributed by atoms with Crippen molar-refractivity contribution in [3.05, 3.63) is 60.2 Å². The summed E-state index contributed by atoms with van der Waals surface area (Å²) in [6.45, 7) is 0.130. The number of halogens is 3. The molecule has 2 rings (SSSR count). The monoisotopic (exact) mass is 376 g/mol. The summed E-state index contributed by atoms with van der Waals surface area (Å²) in [6, 6.07) is 2.68. The molecule has 0 bridgehead atoms. The van der Waals surface area contributed by atoms with Gasteiger partial charge in [-0.25, -0.2) is 8.78 Å². The fourth-order valence-corrected chi connectivity index (χ4v) is 2.97. The van der Waals surface area contributed by atoms with Crippen molar-refractivity contribution in [2.45, 2.75) is 6.54 Å². The molecule has 0 unspecified atom stereocenters. The molecule has 0 aliphatic rings. The van der Waals surface area contributed by atoms with Gasteiger partial charge in [0.15, 0.2) is 11.6 Å². The Labute approximate surface area is 129 Å². The summed E-state index contributed by atoms with van der Waals surface area (Å²) < 4.78 is 27.0. The number of hydrogen-bond donors (Lipinski definition) is 1. The second kappa shape index (κ2) is 6.27. The van der Waals surface area contributed by atoms with Gasteiger partial charge in [-0.2, -0.15) is 0 Å². The number of amides is 1. The fraction of sp³-hybridized carbons (Fsp3) is 0.0833. The van der Waals surface area contributed by atoms with Crippen LogP contribution >= 0.6 is 27.3 Å². The number of benzene rings is 1. The van der Waals surface area contributed by atoms with Gasteiger partial charge in [-0.05, 0) is 28.1 Å². The van der Waals surface area contributed by atoms with Gasteiger partial charge in [-0.3, -0.25) is 14.9 Å². The van der Waals surface area contributed by atoms with Gasteiger partial charge in [0.2, 0.25) is 0 Å². The number of thiophene rings is 1. The molecule has 21 heavy (non-hydrogen) atoms. The average molecular weight is 377 g/mol. The van der Waals surface area contributed by atoms with E-state index in [4.69, 9.17) is 0 Å². The van der Waals surface area contributed by atoms with Crippen molar-refractivity contribution in [1.82, 2.24) is 5.32 Å². The van der Waals surface area contributed by atoms with Crippen molar-refractivity contribution < 1.29 is 18.5 Å². The van der Waals surface area contributed by atoms with Gasteiger partial charge in [0, 0.05) is 14.7 Å². The molecule has 0 radical (unpaired) electrons. The molecule has 110 valence electrons. The molecule has 1 N–H and O–H groups in total. The minimum Gasteiger partial charge on any atom is -0.347 e. The molecule has 0 fully saturated rings. The molecule has 1 aromatic carbocycles. The van der Waals surface area contributed by atoms with Gasteiger partial charge < -0.3 is 5.32 Å². The molecule has 0 saturated carbocycles. The molecule has 1 aromatic heterocycles. The number of carbonyl (C=O) groups is 1. The van der Waals surface area contributed by atoms with Crippen molar-refractivity contribution >= 4 is 38.9 Å². The normalized spacial score (nSPS) is 10.4. The first-order valence-electron chi connectivity index (χ1n) is 5.53.